The molecule has 1 atom stereocenters. The molecular formula is C19H34N6O. The monoisotopic (exact) mass is 362 g/mol. The van der Waals surface area contributed by atoms with Crippen molar-refractivity contribution in [1.82, 2.24) is 24.9 Å². The number of carbonyl (C=O) groups is 1. The highest BCUT2D eigenvalue weighted by Crippen LogP contribution is 2.20. The number of aromatic nitrogens is 2. The number of hydrogen-bond donors (Lipinski definition) is 2. The van der Waals surface area contributed by atoms with E-state index in [0.29, 0.717) is 0 Å². The predicted molar refractivity (Wildman–Crippen MR) is 103 cm³/mol. The van der Waals surface area contributed by atoms with Crippen molar-refractivity contribution in [2.24, 2.45) is 5.73 Å². The van der Waals surface area contributed by atoms with Crippen molar-refractivity contribution in [3.8, 4) is 0 Å². The number of nitrogens with two attached hydrogens (primary N) is 1. The quantitative estimate of drug-likeness (QED) is 0.790. The van der Waals surface area contributed by atoms with E-state index in [4.69, 9.17) is 5.73 Å². The Hall–Kier alpha value is -1.44. The molecule has 3 heterocycles. The minimum absolute atomic E-state index is 0.0246. The van der Waals surface area contributed by atoms with Crippen molar-refractivity contribution < 1.29 is 4.79 Å². The summed E-state index contributed by atoms with van der Waals surface area (Å²) in [5.74, 6) is 0.0246. The molecule has 7 heteroatoms. The molecule has 0 bridgehead atoms. The van der Waals surface area contributed by atoms with E-state index in [1.54, 1.807) is 0 Å². The van der Waals surface area contributed by atoms with Gasteiger partial charge in [-0.3, -0.25) is 9.89 Å². The molecule has 146 valence electrons. The Kier molecular flexibility index (Phi) is 6.67. The number of rotatable bonds is 6. The van der Waals surface area contributed by atoms with E-state index in [0.717, 1.165) is 56.1 Å². The van der Waals surface area contributed by atoms with Crippen LogP contribution in [0.2, 0.25) is 0 Å². The van der Waals surface area contributed by atoms with E-state index in [2.05, 4.69) is 20.0 Å². The minimum Gasteiger partial charge on any atom is -0.340 e. The minimum atomic E-state index is -0.615. The fourth-order valence-electron chi connectivity index (χ4n) is 4.28. The molecule has 1 aromatic heterocycles. The van der Waals surface area contributed by atoms with E-state index in [1.807, 2.05) is 18.7 Å². The first-order chi connectivity index (χ1) is 12.6. The van der Waals surface area contributed by atoms with Gasteiger partial charge in [0.25, 0.3) is 0 Å². The van der Waals surface area contributed by atoms with Crippen LogP contribution in [0.5, 0.6) is 0 Å². The lowest BCUT2D eigenvalue weighted by Crippen LogP contribution is -2.41. The zero-order chi connectivity index (χ0) is 18.5. The Morgan fingerprint density at radius 3 is 2.35 bits per heavy atom. The van der Waals surface area contributed by atoms with Crippen LogP contribution in [0, 0.1) is 13.8 Å². The molecule has 0 aromatic carbocycles. The molecule has 2 saturated heterocycles. The number of nitrogens with zero attached hydrogens (tertiary/aromatic N) is 4. The maximum atomic E-state index is 12.9. The molecular weight excluding hydrogens is 328 g/mol. The molecule has 0 saturated carbocycles. The standard InChI is InChI=1S/C19H34N6O/c1-15-17(16(2)22-21-15)18(20)19(26)25-12-6-11-24(13-14-25)10-5-9-23-7-3-4-8-23/h18H,3-14,20H2,1-2H3,(H,21,22)/t18-/m0/s1. The van der Waals surface area contributed by atoms with E-state index < -0.39 is 6.04 Å². The zero-order valence-corrected chi connectivity index (χ0v) is 16.3. The maximum Gasteiger partial charge on any atom is 0.244 e. The molecule has 3 N–H and O–H groups in total. The van der Waals surface area contributed by atoms with Crippen LogP contribution in [-0.4, -0.2) is 83.2 Å². The van der Waals surface area contributed by atoms with E-state index >= 15 is 0 Å². The first-order valence-electron chi connectivity index (χ1n) is 10.1. The molecule has 2 aliphatic heterocycles. The fourth-order valence-corrected chi connectivity index (χ4v) is 4.28. The summed E-state index contributed by atoms with van der Waals surface area (Å²) in [7, 11) is 0. The first-order valence-corrected chi connectivity index (χ1v) is 10.1. The summed E-state index contributed by atoms with van der Waals surface area (Å²) < 4.78 is 0. The normalized spacial score (nSPS) is 21.1. The topological polar surface area (TPSA) is 81.5 Å². The second-order valence-electron chi connectivity index (χ2n) is 7.75. The van der Waals surface area contributed by atoms with Gasteiger partial charge in [-0.2, -0.15) is 5.10 Å². The number of likely N-dealkylation sites (tertiary alicyclic amines) is 1. The predicted octanol–water partition coefficient (Wildman–Crippen LogP) is 1.05. The highest BCUT2D eigenvalue weighted by atomic mass is 16.2. The third-order valence-electron chi connectivity index (χ3n) is 5.81. The summed E-state index contributed by atoms with van der Waals surface area (Å²) in [5.41, 5.74) is 8.84. The zero-order valence-electron chi connectivity index (χ0n) is 16.3. The van der Waals surface area contributed by atoms with Gasteiger partial charge in [0.05, 0.1) is 5.69 Å². The SMILES string of the molecule is Cc1n[nH]c(C)c1[C@H](N)C(=O)N1CCCN(CCCN2CCCC2)CC1. The molecule has 7 nitrogen and oxygen atoms in total. The highest BCUT2D eigenvalue weighted by Gasteiger charge is 2.28. The second kappa shape index (κ2) is 8.97. The number of aryl methyl sites for hydroxylation is 2. The number of carbonyl (C=O) groups excluding carboxylic acids is 1. The lowest BCUT2D eigenvalue weighted by molar-refractivity contribution is -0.132. The van der Waals surface area contributed by atoms with E-state index in [-0.39, 0.29) is 5.91 Å². The van der Waals surface area contributed by atoms with Crippen LogP contribution < -0.4 is 5.73 Å². The molecule has 3 rings (SSSR count). The van der Waals surface area contributed by atoms with Crippen molar-refractivity contribution in [3.63, 3.8) is 0 Å². The van der Waals surface area contributed by atoms with Gasteiger partial charge in [-0.15, -0.1) is 0 Å². The van der Waals surface area contributed by atoms with Crippen LogP contribution in [0.15, 0.2) is 0 Å². The summed E-state index contributed by atoms with van der Waals surface area (Å²) in [4.78, 5) is 19.9. The Morgan fingerprint density at radius 2 is 1.69 bits per heavy atom. The second-order valence-corrected chi connectivity index (χ2v) is 7.75. The number of amides is 1. The smallest absolute Gasteiger partial charge is 0.244 e. The first kappa shape index (κ1) is 19.3. The summed E-state index contributed by atoms with van der Waals surface area (Å²) in [6.45, 7) is 12.3. The molecule has 0 aliphatic carbocycles. The Bertz CT molecular complexity index is 575. The van der Waals surface area contributed by atoms with Crippen molar-refractivity contribution >= 4 is 5.91 Å². The third-order valence-corrected chi connectivity index (χ3v) is 5.81. The number of hydrogen-bond acceptors (Lipinski definition) is 5. The number of nitrogens with one attached hydrogen (secondary N) is 1. The van der Waals surface area contributed by atoms with Gasteiger partial charge in [0.1, 0.15) is 6.04 Å². The summed E-state index contributed by atoms with van der Waals surface area (Å²) in [5, 5.41) is 7.10. The van der Waals surface area contributed by atoms with Crippen LogP contribution in [0.25, 0.3) is 0 Å². The van der Waals surface area contributed by atoms with Gasteiger partial charge in [-0.25, -0.2) is 0 Å². The Morgan fingerprint density at radius 1 is 1.04 bits per heavy atom. The van der Waals surface area contributed by atoms with E-state index in [1.165, 1.54) is 38.9 Å². The molecule has 1 amide bonds. The Balaban J connectivity index is 1.47. The molecule has 1 aromatic rings. The van der Waals surface area contributed by atoms with Gasteiger partial charge in [-0.1, -0.05) is 0 Å². The largest absolute Gasteiger partial charge is 0.340 e. The van der Waals surface area contributed by atoms with Crippen LogP contribution in [0.1, 0.15) is 48.7 Å². The van der Waals surface area contributed by atoms with Gasteiger partial charge < -0.3 is 20.4 Å². The highest BCUT2D eigenvalue weighted by molar-refractivity contribution is 5.83. The molecule has 2 fully saturated rings. The maximum absolute atomic E-state index is 12.9. The lowest BCUT2D eigenvalue weighted by Gasteiger charge is -2.25. The van der Waals surface area contributed by atoms with Crippen molar-refractivity contribution in [2.45, 2.75) is 45.6 Å². The van der Waals surface area contributed by atoms with Gasteiger partial charge in [-0.05, 0) is 72.3 Å². The molecule has 2 aliphatic rings. The van der Waals surface area contributed by atoms with Gasteiger partial charge in [0.15, 0.2) is 0 Å². The average molecular weight is 363 g/mol. The van der Waals surface area contributed by atoms with Crippen LogP contribution in [0.3, 0.4) is 0 Å². The number of H-pyrrole nitrogens is 1. The van der Waals surface area contributed by atoms with Crippen molar-refractivity contribution in [3.05, 3.63) is 17.0 Å². The molecule has 0 radical (unpaired) electrons. The summed E-state index contributed by atoms with van der Waals surface area (Å²) >= 11 is 0. The van der Waals surface area contributed by atoms with E-state index in [9.17, 15) is 4.79 Å². The average Bonchev–Trinajstić information content (AvgIpc) is 3.18. The summed E-state index contributed by atoms with van der Waals surface area (Å²) in [6.07, 6.45) is 4.96. The number of aromatic amines is 1. The van der Waals surface area contributed by atoms with Crippen LogP contribution in [-0.2, 0) is 4.79 Å². The van der Waals surface area contributed by atoms with Crippen molar-refractivity contribution in [2.75, 3.05) is 52.4 Å². The van der Waals surface area contributed by atoms with Crippen molar-refractivity contribution in [1.29, 1.82) is 0 Å². The van der Waals surface area contributed by atoms with Gasteiger partial charge >= 0.3 is 0 Å². The van der Waals surface area contributed by atoms with Gasteiger partial charge in [0.2, 0.25) is 5.91 Å². The molecule has 0 spiro atoms. The lowest BCUT2D eigenvalue weighted by atomic mass is 10.0. The molecule has 26 heavy (non-hydrogen) atoms. The van der Waals surface area contributed by atoms with Gasteiger partial charge in [0, 0.05) is 30.9 Å². The molecule has 0 unspecified atom stereocenters. The van der Waals surface area contributed by atoms with Crippen LogP contribution >= 0.6 is 0 Å². The Labute approximate surface area is 156 Å². The third kappa shape index (κ3) is 4.64. The van der Waals surface area contributed by atoms with Crippen LogP contribution in [0.4, 0.5) is 0 Å². The fraction of sp³-hybridized carbons (Fsp3) is 0.789. The summed E-state index contributed by atoms with van der Waals surface area (Å²) in [6, 6.07) is -0.615.